The summed E-state index contributed by atoms with van der Waals surface area (Å²) >= 11 is 0. The zero-order valence-electron chi connectivity index (χ0n) is 22.0. The summed E-state index contributed by atoms with van der Waals surface area (Å²) in [4.78, 5) is 23.5. The molecule has 0 saturated carbocycles. The van der Waals surface area contributed by atoms with E-state index in [9.17, 15) is 13.2 Å². The van der Waals surface area contributed by atoms with Gasteiger partial charge in [-0.05, 0) is 37.2 Å². The van der Waals surface area contributed by atoms with Gasteiger partial charge < -0.3 is 15.8 Å². The molecule has 3 aromatic rings. The molecular weight excluding hydrogens is 492 g/mol. The molecule has 2 aromatic carbocycles. The van der Waals surface area contributed by atoms with Crippen molar-refractivity contribution in [3.63, 3.8) is 0 Å². The van der Waals surface area contributed by atoms with Crippen LogP contribution in [-0.2, 0) is 21.4 Å². The molecule has 37 heavy (non-hydrogen) atoms. The van der Waals surface area contributed by atoms with Crippen LogP contribution in [0.2, 0.25) is 0 Å². The molecule has 10 nitrogen and oxygen atoms in total. The number of amides is 1. The van der Waals surface area contributed by atoms with Gasteiger partial charge in [-0.25, -0.2) is 18.4 Å². The summed E-state index contributed by atoms with van der Waals surface area (Å²) in [6.45, 7) is 7.12. The van der Waals surface area contributed by atoms with E-state index in [0.717, 1.165) is 10.9 Å². The van der Waals surface area contributed by atoms with Crippen molar-refractivity contribution in [1.29, 1.82) is 0 Å². The lowest BCUT2D eigenvalue weighted by atomic mass is 10.0. The van der Waals surface area contributed by atoms with Crippen molar-refractivity contribution in [3.8, 4) is 5.75 Å². The first-order valence-corrected chi connectivity index (χ1v) is 13.6. The molecule has 1 heterocycles. The van der Waals surface area contributed by atoms with E-state index >= 15 is 0 Å². The van der Waals surface area contributed by atoms with Crippen LogP contribution < -0.4 is 15.8 Å². The van der Waals surface area contributed by atoms with Gasteiger partial charge in [0.15, 0.2) is 0 Å². The number of fused-ring (bicyclic) bond motifs is 1. The van der Waals surface area contributed by atoms with E-state index in [4.69, 9.17) is 15.5 Å². The van der Waals surface area contributed by atoms with Gasteiger partial charge in [-0.2, -0.15) is 4.31 Å². The first-order valence-electron chi connectivity index (χ1n) is 12.2. The number of hydrogen-bond acceptors (Lipinski definition) is 8. The fraction of sp³-hybridized carbons (Fsp3) is 0.423. The Bertz CT molecular complexity index is 1330. The van der Waals surface area contributed by atoms with Crippen LogP contribution in [0.25, 0.3) is 10.9 Å². The Morgan fingerprint density at radius 1 is 1.11 bits per heavy atom. The van der Waals surface area contributed by atoms with E-state index in [1.165, 1.54) is 17.5 Å². The SMILES string of the molecule is CCN(CCN(C)Cc1nc(N[C@H](C(N)=O)C(C)C)c2ccccc2n1)S(=O)(=O)c1cccc(OC)c1. The Labute approximate surface area is 218 Å². The Morgan fingerprint density at radius 3 is 2.49 bits per heavy atom. The third-order valence-electron chi connectivity index (χ3n) is 6.09. The predicted octanol–water partition coefficient (Wildman–Crippen LogP) is 2.70. The molecular formula is C26H36N6O4S. The molecule has 0 unspecified atom stereocenters. The van der Waals surface area contributed by atoms with Gasteiger partial charge in [-0.15, -0.1) is 0 Å². The number of sulfonamides is 1. The van der Waals surface area contributed by atoms with Gasteiger partial charge in [0, 0.05) is 31.1 Å². The lowest BCUT2D eigenvalue weighted by molar-refractivity contribution is -0.119. The fourth-order valence-electron chi connectivity index (χ4n) is 3.98. The van der Waals surface area contributed by atoms with E-state index in [2.05, 4.69) is 10.3 Å². The van der Waals surface area contributed by atoms with Crippen LogP contribution in [0.5, 0.6) is 5.75 Å². The number of benzene rings is 2. The predicted molar refractivity (Wildman–Crippen MR) is 145 cm³/mol. The van der Waals surface area contributed by atoms with E-state index in [1.54, 1.807) is 18.2 Å². The average Bonchev–Trinajstić information content (AvgIpc) is 2.86. The second kappa shape index (κ2) is 12.3. The number of hydrogen-bond donors (Lipinski definition) is 2. The van der Waals surface area contributed by atoms with Crippen LogP contribution in [0.3, 0.4) is 0 Å². The van der Waals surface area contributed by atoms with Gasteiger partial charge in [0.2, 0.25) is 15.9 Å². The average molecular weight is 529 g/mol. The number of anilines is 1. The Balaban J connectivity index is 1.77. The van der Waals surface area contributed by atoms with Crippen molar-refractivity contribution in [2.75, 3.05) is 39.1 Å². The highest BCUT2D eigenvalue weighted by Gasteiger charge is 2.24. The van der Waals surface area contributed by atoms with Crippen molar-refractivity contribution in [1.82, 2.24) is 19.2 Å². The maximum atomic E-state index is 13.2. The molecule has 0 aliphatic carbocycles. The first-order chi connectivity index (χ1) is 17.6. The second-order valence-electron chi connectivity index (χ2n) is 9.19. The summed E-state index contributed by atoms with van der Waals surface area (Å²) in [5.41, 5.74) is 6.35. The number of carbonyl (C=O) groups is 1. The highest BCUT2D eigenvalue weighted by Crippen LogP contribution is 2.23. The van der Waals surface area contributed by atoms with Crippen LogP contribution in [0.1, 0.15) is 26.6 Å². The van der Waals surface area contributed by atoms with Gasteiger partial charge in [-0.1, -0.05) is 39.0 Å². The summed E-state index contributed by atoms with van der Waals surface area (Å²) in [6.07, 6.45) is 0. The molecule has 1 amide bonds. The minimum atomic E-state index is -3.68. The lowest BCUT2D eigenvalue weighted by Gasteiger charge is -2.24. The molecule has 0 aliphatic heterocycles. The monoisotopic (exact) mass is 528 g/mol. The van der Waals surface area contributed by atoms with Gasteiger partial charge in [-0.3, -0.25) is 9.69 Å². The normalized spacial score (nSPS) is 12.9. The summed E-state index contributed by atoms with van der Waals surface area (Å²) < 4.78 is 33.0. The molecule has 0 spiro atoms. The van der Waals surface area contributed by atoms with E-state index in [0.29, 0.717) is 43.6 Å². The molecule has 1 aromatic heterocycles. The van der Waals surface area contributed by atoms with Crippen LogP contribution in [0.15, 0.2) is 53.4 Å². The summed E-state index contributed by atoms with van der Waals surface area (Å²) in [5.74, 6) is 1.11. The minimum Gasteiger partial charge on any atom is -0.497 e. The van der Waals surface area contributed by atoms with Gasteiger partial charge >= 0.3 is 0 Å². The number of carbonyl (C=O) groups excluding carboxylic acids is 1. The fourth-order valence-corrected chi connectivity index (χ4v) is 5.46. The lowest BCUT2D eigenvalue weighted by Crippen LogP contribution is -2.40. The molecule has 0 aliphatic rings. The summed E-state index contributed by atoms with van der Waals surface area (Å²) in [6, 6.07) is 13.4. The topological polar surface area (TPSA) is 131 Å². The minimum absolute atomic E-state index is 0.0242. The molecule has 11 heteroatoms. The van der Waals surface area contributed by atoms with Gasteiger partial charge in [0.05, 0.1) is 24.1 Å². The highest BCUT2D eigenvalue weighted by molar-refractivity contribution is 7.89. The number of nitrogens with zero attached hydrogens (tertiary/aromatic N) is 4. The smallest absolute Gasteiger partial charge is 0.243 e. The zero-order valence-corrected chi connectivity index (χ0v) is 22.8. The van der Waals surface area contributed by atoms with Crippen molar-refractivity contribution < 1.29 is 17.9 Å². The number of methoxy groups -OCH3 is 1. The quantitative estimate of drug-likeness (QED) is 0.346. The summed E-state index contributed by atoms with van der Waals surface area (Å²) in [7, 11) is -0.284. The molecule has 0 fully saturated rings. The molecule has 0 saturated heterocycles. The molecule has 200 valence electrons. The number of para-hydroxylation sites is 1. The number of primary amides is 1. The third kappa shape index (κ3) is 6.94. The van der Waals surface area contributed by atoms with E-state index < -0.39 is 22.0 Å². The number of rotatable bonds is 13. The number of ether oxygens (including phenoxy) is 1. The van der Waals surface area contributed by atoms with Crippen molar-refractivity contribution in [2.45, 2.75) is 38.3 Å². The van der Waals surface area contributed by atoms with Crippen LogP contribution >= 0.6 is 0 Å². The molecule has 3 rings (SSSR count). The van der Waals surface area contributed by atoms with Crippen molar-refractivity contribution >= 4 is 32.7 Å². The van der Waals surface area contributed by atoms with Crippen LogP contribution in [-0.4, -0.2) is 73.3 Å². The maximum Gasteiger partial charge on any atom is 0.243 e. The van der Waals surface area contributed by atoms with Crippen LogP contribution in [0.4, 0.5) is 5.82 Å². The molecule has 1 atom stereocenters. The molecule has 0 radical (unpaired) electrons. The third-order valence-corrected chi connectivity index (χ3v) is 8.06. The van der Waals surface area contributed by atoms with E-state index in [-0.39, 0.29) is 10.8 Å². The van der Waals surface area contributed by atoms with Crippen molar-refractivity contribution in [3.05, 3.63) is 54.4 Å². The number of nitrogens with one attached hydrogen (secondary N) is 1. The largest absolute Gasteiger partial charge is 0.497 e. The highest BCUT2D eigenvalue weighted by atomic mass is 32.2. The van der Waals surface area contributed by atoms with Crippen LogP contribution in [0, 0.1) is 5.92 Å². The van der Waals surface area contributed by atoms with Gasteiger partial charge in [0.1, 0.15) is 23.4 Å². The van der Waals surface area contributed by atoms with Gasteiger partial charge in [0.25, 0.3) is 0 Å². The zero-order chi connectivity index (χ0) is 27.2. The van der Waals surface area contributed by atoms with Crippen molar-refractivity contribution in [2.24, 2.45) is 11.7 Å². The van der Waals surface area contributed by atoms with E-state index in [1.807, 2.05) is 57.0 Å². The molecule has 0 bridgehead atoms. The summed E-state index contributed by atoms with van der Waals surface area (Å²) in [5, 5.41) is 3.99. The standard InChI is InChI=1S/C26H36N6O4S/c1-6-32(37(34,35)20-11-9-10-19(16-20)36-5)15-14-31(4)17-23-28-22-13-8-7-12-21(22)26(29-23)30-24(18(2)3)25(27)33/h7-13,16,18,24H,6,14-15,17H2,1-5H3,(H2,27,33)(H,28,29,30)/t24-/m0/s1. The maximum absolute atomic E-state index is 13.2. The number of likely N-dealkylation sites (N-methyl/N-ethyl adjacent to an activating group) is 2. The second-order valence-corrected chi connectivity index (χ2v) is 11.1. The Hall–Kier alpha value is -3.28. The number of aromatic nitrogens is 2. The Morgan fingerprint density at radius 2 is 1.84 bits per heavy atom. The molecule has 3 N–H and O–H groups in total. The first kappa shape index (κ1) is 28.3. The number of nitrogens with two attached hydrogens (primary N) is 1. The Kier molecular flexibility index (Phi) is 9.41.